The quantitative estimate of drug-likeness (QED) is 0.619. The number of rotatable bonds is 7. The Kier molecular flexibility index (Phi) is 5.79. The highest BCUT2D eigenvalue weighted by molar-refractivity contribution is 5.51. The van der Waals surface area contributed by atoms with E-state index in [9.17, 15) is 0 Å². The molecule has 3 aromatic rings. The Morgan fingerprint density at radius 3 is 2.55 bits per heavy atom. The number of nitrogens with one attached hydrogen (secondary N) is 1. The predicted molar refractivity (Wildman–Crippen MR) is 115 cm³/mol. The molecule has 0 atom stereocenters. The first-order valence-electron chi connectivity index (χ1n) is 9.89. The van der Waals surface area contributed by atoms with Gasteiger partial charge in [-0.2, -0.15) is 0 Å². The number of ether oxygens (including phenoxy) is 2. The van der Waals surface area contributed by atoms with E-state index in [1.54, 1.807) is 7.11 Å². The Morgan fingerprint density at radius 2 is 1.76 bits per heavy atom. The second-order valence-electron chi connectivity index (χ2n) is 7.05. The topological polar surface area (TPSA) is 59.5 Å². The van der Waals surface area contributed by atoms with E-state index in [4.69, 9.17) is 9.47 Å². The van der Waals surface area contributed by atoms with Gasteiger partial charge in [-0.15, -0.1) is 0 Å². The summed E-state index contributed by atoms with van der Waals surface area (Å²) in [5, 5.41) is 3.35. The van der Waals surface area contributed by atoms with Crippen LogP contribution in [0.5, 0.6) is 11.5 Å². The standard InChI is InChI=1S/C23H26N4O2/c1-17-25-22(24-12-14-29-21-9-7-20(28-2)8-10-21)15-23(26-17)27-13-11-18-5-3-4-6-19(18)16-27/h3-10,15H,11-14,16H2,1-2H3,(H,24,25,26). The molecule has 6 nitrogen and oxygen atoms in total. The van der Waals surface area contributed by atoms with Crippen molar-refractivity contribution in [3.05, 3.63) is 71.5 Å². The highest BCUT2D eigenvalue weighted by atomic mass is 16.5. The number of aryl methyl sites for hydroxylation is 1. The molecule has 1 aliphatic rings. The van der Waals surface area contributed by atoms with Gasteiger partial charge in [0.2, 0.25) is 0 Å². The number of benzene rings is 2. The molecule has 0 bridgehead atoms. The second-order valence-corrected chi connectivity index (χ2v) is 7.05. The lowest BCUT2D eigenvalue weighted by atomic mass is 10.00. The number of nitrogens with zero attached hydrogens (tertiary/aromatic N) is 3. The third-order valence-corrected chi connectivity index (χ3v) is 5.02. The molecule has 2 heterocycles. The molecule has 1 aromatic heterocycles. The zero-order chi connectivity index (χ0) is 20.1. The molecular formula is C23H26N4O2. The molecule has 0 fully saturated rings. The van der Waals surface area contributed by atoms with Crippen molar-refractivity contribution in [1.29, 1.82) is 0 Å². The maximum Gasteiger partial charge on any atom is 0.134 e. The van der Waals surface area contributed by atoms with Gasteiger partial charge in [0.25, 0.3) is 0 Å². The number of methoxy groups -OCH3 is 1. The van der Waals surface area contributed by atoms with Gasteiger partial charge in [0.1, 0.15) is 35.6 Å². The predicted octanol–water partition coefficient (Wildman–Crippen LogP) is 3.85. The zero-order valence-electron chi connectivity index (χ0n) is 16.9. The number of hydrogen-bond donors (Lipinski definition) is 1. The highest BCUT2D eigenvalue weighted by Gasteiger charge is 2.18. The van der Waals surface area contributed by atoms with Crippen molar-refractivity contribution in [2.75, 3.05) is 37.0 Å². The maximum atomic E-state index is 5.77. The summed E-state index contributed by atoms with van der Waals surface area (Å²) in [5.41, 5.74) is 2.81. The van der Waals surface area contributed by atoms with Crippen LogP contribution < -0.4 is 19.7 Å². The van der Waals surface area contributed by atoms with Gasteiger partial charge in [-0.1, -0.05) is 24.3 Å². The molecule has 1 N–H and O–H groups in total. The molecular weight excluding hydrogens is 364 g/mol. The van der Waals surface area contributed by atoms with Crippen LogP contribution in [0.15, 0.2) is 54.6 Å². The Bertz CT molecular complexity index is 959. The van der Waals surface area contributed by atoms with Gasteiger partial charge in [-0.25, -0.2) is 9.97 Å². The lowest BCUT2D eigenvalue weighted by Gasteiger charge is -2.30. The van der Waals surface area contributed by atoms with E-state index in [-0.39, 0.29) is 0 Å². The molecule has 0 radical (unpaired) electrons. The van der Waals surface area contributed by atoms with Gasteiger partial charge < -0.3 is 19.7 Å². The highest BCUT2D eigenvalue weighted by Crippen LogP contribution is 2.24. The van der Waals surface area contributed by atoms with Crippen molar-refractivity contribution in [1.82, 2.24) is 9.97 Å². The minimum absolute atomic E-state index is 0.543. The number of fused-ring (bicyclic) bond motifs is 1. The van der Waals surface area contributed by atoms with E-state index in [0.29, 0.717) is 13.2 Å². The van der Waals surface area contributed by atoms with Crippen molar-refractivity contribution in [2.45, 2.75) is 19.9 Å². The largest absolute Gasteiger partial charge is 0.497 e. The summed E-state index contributed by atoms with van der Waals surface area (Å²) >= 11 is 0. The first-order valence-corrected chi connectivity index (χ1v) is 9.89. The Hall–Kier alpha value is -3.28. The van der Waals surface area contributed by atoms with E-state index < -0.39 is 0 Å². The van der Waals surface area contributed by atoms with Crippen LogP contribution in [0.25, 0.3) is 0 Å². The van der Waals surface area contributed by atoms with E-state index in [2.05, 4.69) is 44.5 Å². The minimum Gasteiger partial charge on any atom is -0.497 e. The zero-order valence-corrected chi connectivity index (χ0v) is 16.9. The third kappa shape index (κ3) is 4.77. The average Bonchev–Trinajstić information content (AvgIpc) is 2.76. The Morgan fingerprint density at radius 1 is 1.00 bits per heavy atom. The SMILES string of the molecule is COc1ccc(OCCNc2cc(N3CCc4ccccc4C3)nc(C)n2)cc1. The smallest absolute Gasteiger partial charge is 0.134 e. The van der Waals surface area contributed by atoms with Crippen LogP contribution in [0.4, 0.5) is 11.6 Å². The van der Waals surface area contributed by atoms with Crippen LogP contribution in [0.3, 0.4) is 0 Å². The third-order valence-electron chi connectivity index (χ3n) is 5.02. The summed E-state index contributed by atoms with van der Waals surface area (Å²) in [7, 11) is 1.65. The molecule has 0 spiro atoms. The molecule has 2 aromatic carbocycles. The van der Waals surface area contributed by atoms with E-state index in [1.807, 2.05) is 37.3 Å². The number of hydrogen-bond acceptors (Lipinski definition) is 6. The van der Waals surface area contributed by atoms with Gasteiger partial charge in [-0.3, -0.25) is 0 Å². The van der Waals surface area contributed by atoms with Crippen LogP contribution in [0, 0.1) is 6.92 Å². The first-order chi connectivity index (χ1) is 14.2. The van der Waals surface area contributed by atoms with Crippen molar-refractivity contribution in [3.63, 3.8) is 0 Å². The average molecular weight is 390 g/mol. The van der Waals surface area contributed by atoms with Crippen molar-refractivity contribution < 1.29 is 9.47 Å². The van der Waals surface area contributed by atoms with E-state index in [0.717, 1.165) is 48.5 Å². The molecule has 1 aliphatic heterocycles. The molecule has 0 saturated carbocycles. The van der Waals surface area contributed by atoms with Gasteiger partial charge >= 0.3 is 0 Å². The van der Waals surface area contributed by atoms with Gasteiger partial charge in [0.05, 0.1) is 13.7 Å². The fraction of sp³-hybridized carbons (Fsp3) is 0.304. The molecule has 0 unspecified atom stereocenters. The van der Waals surface area contributed by atoms with Crippen LogP contribution in [-0.2, 0) is 13.0 Å². The molecule has 4 rings (SSSR count). The summed E-state index contributed by atoms with van der Waals surface area (Å²) < 4.78 is 10.9. The van der Waals surface area contributed by atoms with Crippen LogP contribution in [-0.4, -0.2) is 36.8 Å². The van der Waals surface area contributed by atoms with Gasteiger partial charge in [0.15, 0.2) is 0 Å². The lowest BCUT2D eigenvalue weighted by molar-refractivity contribution is 0.331. The van der Waals surface area contributed by atoms with Crippen LogP contribution in [0.2, 0.25) is 0 Å². The fourth-order valence-corrected chi connectivity index (χ4v) is 3.52. The fourth-order valence-electron chi connectivity index (χ4n) is 3.52. The number of aromatic nitrogens is 2. The normalized spacial score (nSPS) is 13.0. The summed E-state index contributed by atoms with van der Waals surface area (Å²) in [4.78, 5) is 11.5. The van der Waals surface area contributed by atoms with Crippen molar-refractivity contribution in [3.8, 4) is 11.5 Å². The maximum absolute atomic E-state index is 5.77. The summed E-state index contributed by atoms with van der Waals surface area (Å²) in [6.07, 6.45) is 1.04. The van der Waals surface area contributed by atoms with E-state index in [1.165, 1.54) is 11.1 Å². The summed E-state index contributed by atoms with van der Waals surface area (Å²) in [6, 6.07) is 18.2. The molecule has 0 saturated heterocycles. The minimum atomic E-state index is 0.543. The molecule has 0 aliphatic carbocycles. The van der Waals surface area contributed by atoms with Gasteiger partial charge in [-0.05, 0) is 48.7 Å². The van der Waals surface area contributed by atoms with Crippen LogP contribution >= 0.6 is 0 Å². The molecule has 29 heavy (non-hydrogen) atoms. The Balaban J connectivity index is 1.35. The van der Waals surface area contributed by atoms with E-state index >= 15 is 0 Å². The lowest BCUT2D eigenvalue weighted by Crippen LogP contribution is -2.31. The first kappa shape index (κ1) is 19.1. The second kappa shape index (κ2) is 8.82. The van der Waals surface area contributed by atoms with Gasteiger partial charge in [0, 0.05) is 19.2 Å². The molecule has 0 amide bonds. The molecule has 6 heteroatoms. The monoisotopic (exact) mass is 390 g/mol. The van der Waals surface area contributed by atoms with Crippen molar-refractivity contribution >= 4 is 11.6 Å². The van der Waals surface area contributed by atoms with Crippen LogP contribution in [0.1, 0.15) is 17.0 Å². The summed E-state index contributed by atoms with van der Waals surface area (Å²) in [5.74, 6) is 4.19. The molecule has 150 valence electrons. The van der Waals surface area contributed by atoms with Crippen molar-refractivity contribution in [2.24, 2.45) is 0 Å². The summed E-state index contributed by atoms with van der Waals surface area (Å²) in [6.45, 7) is 4.98. The Labute approximate surface area is 171 Å². The number of anilines is 2.